The molecule has 0 saturated heterocycles. The van der Waals surface area contributed by atoms with Crippen molar-refractivity contribution in [1.29, 1.82) is 0 Å². The summed E-state index contributed by atoms with van der Waals surface area (Å²) in [5, 5.41) is 11.5. The zero-order valence-electron chi connectivity index (χ0n) is 17.6. The lowest BCUT2D eigenvalue weighted by Crippen LogP contribution is -2.67. The first-order valence-corrected chi connectivity index (χ1v) is 10.3. The molecular formula is C24H25FN4O2. The molecule has 7 heteroatoms. The molecule has 0 radical (unpaired) electrons. The van der Waals surface area contributed by atoms with Crippen LogP contribution >= 0.6 is 0 Å². The molecule has 1 atom stereocenters. The van der Waals surface area contributed by atoms with E-state index in [0.717, 1.165) is 5.56 Å². The molecule has 31 heavy (non-hydrogen) atoms. The molecule has 6 nitrogen and oxygen atoms in total. The molecule has 2 aliphatic heterocycles. The molecule has 0 spiro atoms. The van der Waals surface area contributed by atoms with E-state index in [9.17, 15) is 14.0 Å². The highest BCUT2D eigenvalue weighted by atomic mass is 19.1. The smallest absolute Gasteiger partial charge is 0.274 e. The average molecular weight is 420 g/mol. The van der Waals surface area contributed by atoms with E-state index in [1.807, 2.05) is 31.2 Å². The third kappa shape index (κ3) is 3.95. The van der Waals surface area contributed by atoms with Crippen LogP contribution in [-0.2, 0) is 22.4 Å². The van der Waals surface area contributed by atoms with Crippen LogP contribution < -0.4 is 10.6 Å². The highest BCUT2D eigenvalue weighted by Crippen LogP contribution is 2.32. The topological polar surface area (TPSA) is 73.8 Å². The predicted molar refractivity (Wildman–Crippen MR) is 117 cm³/mol. The number of nitrogens with one attached hydrogen (secondary N) is 2. The van der Waals surface area contributed by atoms with E-state index in [-0.39, 0.29) is 30.5 Å². The Balaban J connectivity index is 1.49. The van der Waals surface area contributed by atoms with Gasteiger partial charge in [0.2, 0.25) is 5.66 Å². The minimum atomic E-state index is -1.28. The summed E-state index contributed by atoms with van der Waals surface area (Å²) in [5.41, 5.74) is 2.40. The summed E-state index contributed by atoms with van der Waals surface area (Å²) in [5.74, 6) is -1.07. The van der Waals surface area contributed by atoms with E-state index in [1.54, 1.807) is 31.3 Å². The normalized spacial score (nSPS) is 20.0. The quantitative estimate of drug-likeness (QED) is 0.755. The van der Waals surface area contributed by atoms with Gasteiger partial charge in [-0.05, 0) is 37.5 Å². The van der Waals surface area contributed by atoms with E-state index in [4.69, 9.17) is 0 Å². The van der Waals surface area contributed by atoms with E-state index in [1.165, 1.54) is 16.6 Å². The fraction of sp³-hybridized carbons (Fsp3) is 0.292. The van der Waals surface area contributed by atoms with Crippen molar-refractivity contribution in [1.82, 2.24) is 15.6 Å². The van der Waals surface area contributed by atoms with Crippen molar-refractivity contribution in [2.45, 2.75) is 38.8 Å². The molecule has 2 N–H and O–H groups in total. The van der Waals surface area contributed by atoms with E-state index in [2.05, 4.69) is 15.7 Å². The number of carbonyl (C=O) groups is 2. The summed E-state index contributed by atoms with van der Waals surface area (Å²) < 4.78 is 14.1. The van der Waals surface area contributed by atoms with Crippen LogP contribution in [0.1, 0.15) is 30.0 Å². The fourth-order valence-electron chi connectivity index (χ4n) is 3.95. The maximum absolute atomic E-state index is 14.1. The number of hydrogen-bond donors (Lipinski definition) is 2. The first-order chi connectivity index (χ1) is 14.9. The number of hydrogen-bond acceptors (Lipinski definition) is 4. The van der Waals surface area contributed by atoms with E-state index in [0.29, 0.717) is 29.8 Å². The lowest BCUT2D eigenvalue weighted by Gasteiger charge is -2.41. The maximum Gasteiger partial charge on any atom is 0.274 e. The monoisotopic (exact) mass is 420 g/mol. The van der Waals surface area contributed by atoms with Crippen LogP contribution in [0.15, 0.2) is 64.9 Å². The lowest BCUT2D eigenvalue weighted by atomic mass is 9.95. The van der Waals surface area contributed by atoms with E-state index >= 15 is 0 Å². The molecule has 0 aromatic heterocycles. The average Bonchev–Trinajstić information content (AvgIpc) is 3.19. The second kappa shape index (κ2) is 8.34. The van der Waals surface area contributed by atoms with Crippen molar-refractivity contribution in [3.63, 3.8) is 0 Å². The Kier molecular flexibility index (Phi) is 5.59. The molecule has 0 saturated carbocycles. The Labute approximate surface area is 180 Å². The van der Waals surface area contributed by atoms with Gasteiger partial charge in [0.05, 0.1) is 0 Å². The standard InChI is InChI=1S/C24H25FN4O2/c1-16-7-9-18(10-8-16)11-13-26-23(31)24-12-14-27-29(24)22(30)20(17(2)28-24)15-19-5-3-4-6-21(19)25/h3-10,14,28H,11-13,15H2,1-2H3,(H,26,31). The maximum atomic E-state index is 14.1. The van der Waals surface area contributed by atoms with E-state index < -0.39 is 5.66 Å². The van der Waals surface area contributed by atoms with Gasteiger partial charge in [0.15, 0.2) is 0 Å². The Morgan fingerprint density at radius 1 is 1.19 bits per heavy atom. The number of fused-ring (bicyclic) bond motifs is 1. The molecule has 4 rings (SSSR count). The number of rotatable bonds is 6. The van der Waals surface area contributed by atoms with Gasteiger partial charge in [0.25, 0.3) is 11.8 Å². The van der Waals surface area contributed by atoms with Crippen LogP contribution in [0.5, 0.6) is 0 Å². The Morgan fingerprint density at radius 2 is 1.94 bits per heavy atom. The number of carbonyl (C=O) groups excluding carboxylic acids is 2. The van der Waals surface area contributed by atoms with Crippen LogP contribution in [0.2, 0.25) is 0 Å². The van der Waals surface area contributed by atoms with Crippen molar-refractivity contribution in [2.24, 2.45) is 5.10 Å². The van der Waals surface area contributed by atoms with Crippen LogP contribution in [0.3, 0.4) is 0 Å². The van der Waals surface area contributed by atoms with Crippen molar-refractivity contribution >= 4 is 18.0 Å². The third-order valence-corrected chi connectivity index (χ3v) is 5.76. The largest absolute Gasteiger partial charge is 0.356 e. The van der Waals surface area contributed by atoms with Gasteiger partial charge in [-0.15, -0.1) is 0 Å². The van der Waals surface area contributed by atoms with Crippen LogP contribution in [-0.4, -0.2) is 35.2 Å². The first kappa shape index (κ1) is 20.8. The van der Waals surface area contributed by atoms with Crippen LogP contribution in [0.25, 0.3) is 0 Å². The molecular weight excluding hydrogens is 395 g/mol. The molecule has 1 unspecified atom stereocenters. The number of aryl methyl sites for hydroxylation is 1. The molecule has 0 fully saturated rings. The molecule has 2 aromatic rings. The van der Waals surface area contributed by atoms with Gasteiger partial charge in [-0.1, -0.05) is 48.0 Å². The summed E-state index contributed by atoms with van der Waals surface area (Å²) in [4.78, 5) is 26.3. The highest BCUT2D eigenvalue weighted by Gasteiger charge is 2.53. The van der Waals surface area contributed by atoms with Gasteiger partial charge in [-0.2, -0.15) is 10.1 Å². The van der Waals surface area contributed by atoms with Gasteiger partial charge in [-0.3, -0.25) is 9.59 Å². The number of nitrogens with zero attached hydrogens (tertiary/aromatic N) is 2. The Bertz CT molecular complexity index is 1080. The number of halogens is 1. The number of benzene rings is 2. The Hall–Kier alpha value is -3.48. The number of allylic oxidation sites excluding steroid dienone is 1. The molecule has 160 valence electrons. The van der Waals surface area contributed by atoms with Gasteiger partial charge < -0.3 is 10.6 Å². The highest BCUT2D eigenvalue weighted by molar-refractivity contribution is 6.03. The lowest BCUT2D eigenvalue weighted by molar-refractivity contribution is -0.147. The van der Waals surface area contributed by atoms with Gasteiger partial charge >= 0.3 is 0 Å². The summed E-state index contributed by atoms with van der Waals surface area (Å²) in [6.07, 6.45) is 2.63. The fourth-order valence-corrected chi connectivity index (χ4v) is 3.95. The van der Waals surface area contributed by atoms with Crippen LogP contribution in [0.4, 0.5) is 4.39 Å². The predicted octanol–water partition coefficient (Wildman–Crippen LogP) is 2.83. The summed E-state index contributed by atoms with van der Waals surface area (Å²) in [6, 6.07) is 14.5. The summed E-state index contributed by atoms with van der Waals surface area (Å²) in [7, 11) is 0. The van der Waals surface area contributed by atoms with Gasteiger partial charge in [-0.25, -0.2) is 4.39 Å². The van der Waals surface area contributed by atoms with Crippen molar-refractivity contribution in [3.05, 3.63) is 82.3 Å². The minimum Gasteiger partial charge on any atom is -0.356 e. The molecule has 0 bridgehead atoms. The molecule has 2 aromatic carbocycles. The molecule has 2 amide bonds. The Morgan fingerprint density at radius 3 is 2.68 bits per heavy atom. The SMILES string of the molecule is CC1=C(Cc2ccccc2F)C(=O)N2N=CCC2(C(=O)NCCc2ccc(C)cc2)N1. The number of amides is 2. The summed E-state index contributed by atoms with van der Waals surface area (Å²) >= 11 is 0. The second-order valence-electron chi connectivity index (χ2n) is 7.97. The molecule has 2 heterocycles. The zero-order valence-corrected chi connectivity index (χ0v) is 17.6. The minimum absolute atomic E-state index is 0.126. The second-order valence-corrected chi connectivity index (χ2v) is 7.97. The first-order valence-electron chi connectivity index (χ1n) is 10.3. The zero-order chi connectivity index (χ0) is 22.0. The molecule has 0 aliphatic carbocycles. The van der Waals surface area contributed by atoms with Gasteiger partial charge in [0.1, 0.15) is 5.82 Å². The van der Waals surface area contributed by atoms with Gasteiger partial charge in [0, 0.05) is 36.9 Å². The molecule has 2 aliphatic rings. The number of hydrazone groups is 1. The van der Waals surface area contributed by atoms with Crippen LogP contribution in [0, 0.1) is 12.7 Å². The summed E-state index contributed by atoms with van der Waals surface area (Å²) in [6.45, 7) is 4.21. The third-order valence-electron chi connectivity index (χ3n) is 5.76. The van der Waals surface area contributed by atoms with Crippen molar-refractivity contribution in [3.8, 4) is 0 Å². The van der Waals surface area contributed by atoms with Crippen molar-refractivity contribution in [2.75, 3.05) is 6.54 Å². The van der Waals surface area contributed by atoms with Crippen molar-refractivity contribution < 1.29 is 14.0 Å².